The topological polar surface area (TPSA) is 35.6 Å². The number of rotatable bonds is 3. The van der Waals surface area contributed by atoms with E-state index in [0.717, 1.165) is 18.7 Å². The van der Waals surface area contributed by atoms with Gasteiger partial charge in [-0.2, -0.15) is 0 Å². The van der Waals surface area contributed by atoms with Crippen molar-refractivity contribution in [2.24, 2.45) is 0 Å². The first-order valence-electron chi connectivity index (χ1n) is 9.84. The van der Waals surface area contributed by atoms with Crippen molar-refractivity contribution in [3.05, 3.63) is 33.8 Å². The second-order valence-electron chi connectivity index (χ2n) is 7.80. The molecule has 0 aromatic heterocycles. The van der Waals surface area contributed by atoms with E-state index in [0.29, 0.717) is 34.6 Å². The highest BCUT2D eigenvalue weighted by Gasteiger charge is 2.44. The van der Waals surface area contributed by atoms with E-state index >= 15 is 0 Å². The third kappa shape index (κ3) is 3.75. The number of halogens is 2. The first kappa shape index (κ1) is 18.5. The lowest BCUT2D eigenvalue weighted by Gasteiger charge is -2.51. The van der Waals surface area contributed by atoms with Gasteiger partial charge in [-0.25, -0.2) is 0 Å². The van der Waals surface area contributed by atoms with E-state index in [4.69, 9.17) is 23.2 Å². The Kier molecular flexibility index (Phi) is 5.75. The minimum atomic E-state index is 0.214. The molecule has 142 valence electrons. The summed E-state index contributed by atoms with van der Waals surface area (Å²) in [5, 5.41) is 4.73. The summed E-state index contributed by atoms with van der Waals surface area (Å²) in [6.07, 6.45) is 6.61. The van der Waals surface area contributed by atoms with Crippen molar-refractivity contribution in [3.8, 4) is 0 Å². The van der Waals surface area contributed by atoms with Crippen LogP contribution in [0.3, 0.4) is 0 Å². The number of nitrogens with one attached hydrogen (secondary N) is 1. The smallest absolute Gasteiger partial charge is 0.227 e. The van der Waals surface area contributed by atoms with Crippen molar-refractivity contribution in [3.63, 3.8) is 0 Å². The van der Waals surface area contributed by atoms with Crippen LogP contribution < -0.4 is 5.32 Å². The third-order valence-corrected chi connectivity index (χ3v) is 6.95. The first-order valence-corrected chi connectivity index (χ1v) is 10.6. The summed E-state index contributed by atoms with van der Waals surface area (Å²) >= 11 is 12.1. The van der Waals surface area contributed by atoms with Crippen molar-refractivity contribution in [1.82, 2.24) is 15.1 Å². The lowest BCUT2D eigenvalue weighted by molar-refractivity contribution is -0.137. The number of hydrogen-bond acceptors (Lipinski definition) is 3. The molecule has 0 unspecified atom stereocenters. The van der Waals surface area contributed by atoms with Crippen LogP contribution >= 0.6 is 23.2 Å². The quantitative estimate of drug-likeness (QED) is 0.851. The summed E-state index contributed by atoms with van der Waals surface area (Å²) < 4.78 is 0. The number of amides is 1. The SMILES string of the molecule is O=C(Cc1ccc(Cl)c(Cl)c1)N1CCN[C@@H]2CCC[C@@H](N3CCCC3)[C@@H]21. The van der Waals surface area contributed by atoms with Gasteiger partial charge in [0.2, 0.25) is 5.91 Å². The highest BCUT2D eigenvalue weighted by atomic mass is 35.5. The molecule has 1 N–H and O–H groups in total. The van der Waals surface area contributed by atoms with Gasteiger partial charge in [-0.05, 0) is 56.5 Å². The lowest BCUT2D eigenvalue weighted by atomic mass is 9.82. The van der Waals surface area contributed by atoms with Crippen molar-refractivity contribution in [2.75, 3.05) is 26.2 Å². The molecule has 2 saturated heterocycles. The van der Waals surface area contributed by atoms with Gasteiger partial charge in [-0.1, -0.05) is 35.7 Å². The summed E-state index contributed by atoms with van der Waals surface area (Å²) in [6, 6.07) is 6.74. The van der Waals surface area contributed by atoms with Gasteiger partial charge in [-0.3, -0.25) is 9.69 Å². The van der Waals surface area contributed by atoms with Gasteiger partial charge in [0.15, 0.2) is 0 Å². The zero-order chi connectivity index (χ0) is 18.1. The van der Waals surface area contributed by atoms with Crippen molar-refractivity contribution >= 4 is 29.1 Å². The van der Waals surface area contributed by atoms with Crippen molar-refractivity contribution < 1.29 is 4.79 Å². The van der Waals surface area contributed by atoms with Gasteiger partial charge >= 0.3 is 0 Å². The van der Waals surface area contributed by atoms with E-state index in [1.165, 1.54) is 45.2 Å². The second kappa shape index (κ2) is 8.05. The highest BCUT2D eigenvalue weighted by molar-refractivity contribution is 6.42. The minimum absolute atomic E-state index is 0.214. The molecule has 3 aliphatic rings. The van der Waals surface area contributed by atoms with E-state index in [-0.39, 0.29) is 5.91 Å². The van der Waals surface area contributed by atoms with Crippen LogP contribution in [0, 0.1) is 0 Å². The van der Waals surface area contributed by atoms with E-state index in [9.17, 15) is 4.79 Å². The second-order valence-corrected chi connectivity index (χ2v) is 8.62. The Bertz CT molecular complexity index is 660. The Balaban J connectivity index is 1.52. The maximum Gasteiger partial charge on any atom is 0.227 e. The molecule has 1 aromatic rings. The fraction of sp³-hybridized carbons (Fsp3) is 0.650. The molecule has 1 aromatic carbocycles. The predicted octanol–water partition coefficient (Wildman–Crippen LogP) is 3.35. The molecular formula is C20H27Cl2N3O. The fourth-order valence-electron chi connectivity index (χ4n) is 5.01. The Labute approximate surface area is 165 Å². The van der Waals surface area contributed by atoms with Crippen LogP contribution in [0.25, 0.3) is 0 Å². The molecule has 3 atom stereocenters. The molecule has 26 heavy (non-hydrogen) atoms. The minimum Gasteiger partial charge on any atom is -0.335 e. The predicted molar refractivity (Wildman–Crippen MR) is 106 cm³/mol. The van der Waals surface area contributed by atoms with Gasteiger partial charge in [-0.15, -0.1) is 0 Å². The molecule has 1 amide bonds. The van der Waals surface area contributed by atoms with Crippen LogP contribution in [-0.2, 0) is 11.2 Å². The molecule has 4 rings (SSSR count). The Morgan fingerprint density at radius 3 is 2.65 bits per heavy atom. The lowest BCUT2D eigenvalue weighted by Crippen LogP contribution is -2.68. The van der Waals surface area contributed by atoms with Crippen LogP contribution in [-0.4, -0.2) is 60.0 Å². The first-order chi connectivity index (χ1) is 12.6. The summed E-state index contributed by atoms with van der Waals surface area (Å²) in [7, 11) is 0. The van der Waals surface area contributed by atoms with Gasteiger partial charge in [0, 0.05) is 25.2 Å². The molecule has 4 nitrogen and oxygen atoms in total. The molecule has 1 saturated carbocycles. The van der Waals surface area contributed by atoms with E-state index in [2.05, 4.69) is 15.1 Å². The molecule has 2 heterocycles. The average molecular weight is 396 g/mol. The number of fused-ring (bicyclic) bond motifs is 1. The van der Waals surface area contributed by atoms with Crippen molar-refractivity contribution in [1.29, 1.82) is 0 Å². The molecule has 0 radical (unpaired) electrons. The number of carbonyl (C=O) groups excluding carboxylic acids is 1. The Morgan fingerprint density at radius 1 is 1.08 bits per heavy atom. The molecule has 2 aliphatic heterocycles. The van der Waals surface area contributed by atoms with Gasteiger partial charge in [0.25, 0.3) is 0 Å². The van der Waals surface area contributed by atoms with E-state index < -0.39 is 0 Å². The normalized spacial score (nSPS) is 29.6. The largest absolute Gasteiger partial charge is 0.335 e. The van der Waals surface area contributed by atoms with Crippen LogP contribution in [0.4, 0.5) is 0 Å². The fourth-order valence-corrected chi connectivity index (χ4v) is 5.33. The summed E-state index contributed by atoms with van der Waals surface area (Å²) in [5.41, 5.74) is 0.938. The maximum absolute atomic E-state index is 13.2. The van der Waals surface area contributed by atoms with E-state index in [1.807, 2.05) is 12.1 Å². The van der Waals surface area contributed by atoms with Crippen LogP contribution in [0.1, 0.15) is 37.7 Å². The molecule has 0 spiro atoms. The summed E-state index contributed by atoms with van der Waals surface area (Å²) in [4.78, 5) is 18.0. The number of hydrogen-bond donors (Lipinski definition) is 1. The standard InChI is InChI=1S/C20H27Cl2N3O/c21-15-7-6-14(12-16(15)22)13-19(26)25-11-8-23-17-4-3-5-18(20(17)25)24-9-1-2-10-24/h6-7,12,17-18,20,23H,1-5,8-11,13H2/t17-,18-,20-/m1/s1. The molecule has 0 bridgehead atoms. The number of carbonyl (C=O) groups is 1. The molecule has 6 heteroatoms. The number of likely N-dealkylation sites (tertiary alicyclic amines) is 1. The zero-order valence-corrected chi connectivity index (χ0v) is 16.6. The summed E-state index contributed by atoms with van der Waals surface area (Å²) in [5.74, 6) is 0.214. The number of benzene rings is 1. The third-order valence-electron chi connectivity index (χ3n) is 6.21. The van der Waals surface area contributed by atoms with Gasteiger partial charge < -0.3 is 10.2 Å². The number of piperazine rings is 1. The Morgan fingerprint density at radius 2 is 1.88 bits per heavy atom. The Hall–Kier alpha value is -0.810. The average Bonchev–Trinajstić information content (AvgIpc) is 3.18. The van der Waals surface area contributed by atoms with Gasteiger partial charge in [0.1, 0.15) is 0 Å². The van der Waals surface area contributed by atoms with E-state index in [1.54, 1.807) is 6.07 Å². The number of nitrogens with zero attached hydrogens (tertiary/aromatic N) is 2. The zero-order valence-electron chi connectivity index (χ0n) is 15.1. The van der Waals surface area contributed by atoms with Crippen molar-refractivity contribution in [2.45, 2.75) is 56.7 Å². The molecule has 1 aliphatic carbocycles. The van der Waals surface area contributed by atoms with Gasteiger partial charge in [0.05, 0.1) is 22.5 Å². The highest BCUT2D eigenvalue weighted by Crippen LogP contribution is 2.32. The molecular weight excluding hydrogens is 369 g/mol. The monoisotopic (exact) mass is 395 g/mol. The maximum atomic E-state index is 13.2. The van der Waals surface area contributed by atoms with Crippen LogP contribution in [0.15, 0.2) is 18.2 Å². The molecule has 3 fully saturated rings. The summed E-state index contributed by atoms with van der Waals surface area (Å²) in [6.45, 7) is 4.05. The van der Waals surface area contributed by atoms with Crippen LogP contribution in [0.5, 0.6) is 0 Å². The van der Waals surface area contributed by atoms with Crippen LogP contribution in [0.2, 0.25) is 10.0 Å².